The Balaban J connectivity index is 2.83. The summed E-state index contributed by atoms with van der Waals surface area (Å²) >= 11 is 0. The molecule has 0 fully saturated rings. The SMILES string of the molecule is CNCc1cccc(C)c1OC(C)COC. The van der Waals surface area contributed by atoms with E-state index in [1.54, 1.807) is 7.11 Å². The molecule has 0 aromatic heterocycles. The number of nitrogens with one attached hydrogen (secondary N) is 1. The van der Waals surface area contributed by atoms with Gasteiger partial charge in [-0.2, -0.15) is 0 Å². The molecule has 1 aromatic carbocycles. The Morgan fingerprint density at radius 2 is 2.12 bits per heavy atom. The second kappa shape index (κ2) is 6.51. The van der Waals surface area contributed by atoms with Crippen LogP contribution in [0.1, 0.15) is 18.1 Å². The van der Waals surface area contributed by atoms with Crippen molar-refractivity contribution in [1.82, 2.24) is 5.32 Å². The Labute approximate surface area is 97.8 Å². The van der Waals surface area contributed by atoms with Gasteiger partial charge in [0.2, 0.25) is 0 Å². The molecular formula is C13H21NO2. The summed E-state index contributed by atoms with van der Waals surface area (Å²) in [5, 5.41) is 3.15. The molecule has 1 unspecified atom stereocenters. The van der Waals surface area contributed by atoms with Gasteiger partial charge in [-0.25, -0.2) is 0 Å². The first-order valence-electron chi connectivity index (χ1n) is 5.57. The topological polar surface area (TPSA) is 30.5 Å². The molecule has 0 aliphatic rings. The van der Waals surface area contributed by atoms with Crippen LogP contribution in [0.3, 0.4) is 0 Å². The number of rotatable bonds is 6. The summed E-state index contributed by atoms with van der Waals surface area (Å²) in [5.74, 6) is 0.974. The highest BCUT2D eigenvalue weighted by molar-refractivity contribution is 5.40. The van der Waals surface area contributed by atoms with E-state index in [9.17, 15) is 0 Å². The largest absolute Gasteiger partial charge is 0.488 e. The number of para-hydroxylation sites is 1. The molecule has 0 spiro atoms. The molecule has 0 aliphatic heterocycles. The molecule has 0 saturated heterocycles. The van der Waals surface area contributed by atoms with Gasteiger partial charge in [0.25, 0.3) is 0 Å². The molecule has 90 valence electrons. The first-order chi connectivity index (χ1) is 7.69. The minimum atomic E-state index is 0.0710. The lowest BCUT2D eigenvalue weighted by atomic mass is 10.1. The summed E-state index contributed by atoms with van der Waals surface area (Å²) in [5.41, 5.74) is 2.35. The van der Waals surface area contributed by atoms with Gasteiger partial charge < -0.3 is 14.8 Å². The van der Waals surface area contributed by atoms with Gasteiger partial charge in [-0.15, -0.1) is 0 Å². The number of hydrogen-bond acceptors (Lipinski definition) is 3. The lowest BCUT2D eigenvalue weighted by Gasteiger charge is -2.18. The number of ether oxygens (including phenoxy) is 2. The van der Waals surface area contributed by atoms with Gasteiger partial charge in [0.15, 0.2) is 0 Å². The third kappa shape index (κ3) is 3.51. The van der Waals surface area contributed by atoms with E-state index in [0.717, 1.165) is 17.9 Å². The molecular weight excluding hydrogens is 202 g/mol. The van der Waals surface area contributed by atoms with E-state index in [4.69, 9.17) is 9.47 Å². The van der Waals surface area contributed by atoms with Crippen LogP contribution in [0.15, 0.2) is 18.2 Å². The van der Waals surface area contributed by atoms with Crippen LogP contribution < -0.4 is 10.1 Å². The highest BCUT2D eigenvalue weighted by Crippen LogP contribution is 2.24. The molecule has 1 aromatic rings. The third-order valence-electron chi connectivity index (χ3n) is 2.38. The molecule has 0 amide bonds. The van der Waals surface area contributed by atoms with Gasteiger partial charge in [0.05, 0.1) is 6.61 Å². The van der Waals surface area contributed by atoms with Crippen molar-refractivity contribution in [3.63, 3.8) is 0 Å². The van der Waals surface area contributed by atoms with Gasteiger partial charge >= 0.3 is 0 Å². The smallest absolute Gasteiger partial charge is 0.127 e. The van der Waals surface area contributed by atoms with E-state index in [1.807, 2.05) is 14.0 Å². The summed E-state index contributed by atoms with van der Waals surface area (Å²) < 4.78 is 11.0. The molecule has 0 aliphatic carbocycles. The second-order valence-corrected chi connectivity index (χ2v) is 3.98. The molecule has 1 rings (SSSR count). The fourth-order valence-electron chi connectivity index (χ4n) is 1.68. The van der Waals surface area contributed by atoms with E-state index in [-0.39, 0.29) is 6.10 Å². The van der Waals surface area contributed by atoms with E-state index in [2.05, 4.69) is 30.4 Å². The first-order valence-corrected chi connectivity index (χ1v) is 5.57. The minimum absolute atomic E-state index is 0.0710. The first kappa shape index (κ1) is 13.0. The third-order valence-corrected chi connectivity index (χ3v) is 2.38. The highest BCUT2D eigenvalue weighted by Gasteiger charge is 2.10. The van der Waals surface area contributed by atoms with Crippen molar-refractivity contribution in [2.45, 2.75) is 26.5 Å². The Morgan fingerprint density at radius 3 is 2.75 bits per heavy atom. The predicted molar refractivity (Wildman–Crippen MR) is 65.9 cm³/mol. The average molecular weight is 223 g/mol. The van der Waals surface area contributed by atoms with Crippen molar-refractivity contribution in [2.75, 3.05) is 20.8 Å². The molecule has 1 N–H and O–H groups in total. The maximum atomic E-state index is 5.90. The summed E-state index contributed by atoms with van der Waals surface area (Å²) in [6.45, 7) is 5.50. The fourth-order valence-corrected chi connectivity index (χ4v) is 1.68. The van der Waals surface area contributed by atoms with Crippen LogP contribution in [-0.4, -0.2) is 26.9 Å². The predicted octanol–water partition coefficient (Wildman–Crippen LogP) is 2.13. The zero-order chi connectivity index (χ0) is 12.0. The maximum absolute atomic E-state index is 5.90. The molecule has 0 heterocycles. The van der Waals surface area contributed by atoms with Gasteiger partial charge in [-0.3, -0.25) is 0 Å². The molecule has 16 heavy (non-hydrogen) atoms. The molecule has 1 atom stereocenters. The zero-order valence-corrected chi connectivity index (χ0v) is 10.5. The number of methoxy groups -OCH3 is 1. The van der Waals surface area contributed by atoms with Gasteiger partial charge in [0.1, 0.15) is 11.9 Å². The van der Waals surface area contributed by atoms with Crippen LogP contribution in [0, 0.1) is 6.92 Å². The fraction of sp³-hybridized carbons (Fsp3) is 0.538. The van der Waals surface area contributed by atoms with Crippen LogP contribution in [0.5, 0.6) is 5.75 Å². The number of benzene rings is 1. The van der Waals surface area contributed by atoms with Crippen LogP contribution in [0.25, 0.3) is 0 Å². The van der Waals surface area contributed by atoms with Crippen molar-refractivity contribution in [2.24, 2.45) is 0 Å². The van der Waals surface area contributed by atoms with Crippen LogP contribution in [0.4, 0.5) is 0 Å². The van der Waals surface area contributed by atoms with E-state index in [1.165, 1.54) is 5.56 Å². The molecule has 3 heteroatoms. The lowest BCUT2D eigenvalue weighted by Crippen LogP contribution is -2.20. The maximum Gasteiger partial charge on any atom is 0.127 e. The number of aryl methyl sites for hydroxylation is 1. The summed E-state index contributed by atoms with van der Waals surface area (Å²) in [7, 11) is 3.62. The average Bonchev–Trinajstić information content (AvgIpc) is 2.24. The van der Waals surface area contributed by atoms with Crippen LogP contribution >= 0.6 is 0 Å². The quantitative estimate of drug-likeness (QED) is 0.801. The van der Waals surface area contributed by atoms with Crippen molar-refractivity contribution in [3.8, 4) is 5.75 Å². The summed E-state index contributed by atoms with van der Waals surface area (Å²) in [4.78, 5) is 0. The molecule has 3 nitrogen and oxygen atoms in total. The molecule has 0 radical (unpaired) electrons. The summed E-state index contributed by atoms with van der Waals surface area (Å²) in [6, 6.07) is 6.20. The van der Waals surface area contributed by atoms with E-state index in [0.29, 0.717) is 6.61 Å². The van der Waals surface area contributed by atoms with Crippen molar-refractivity contribution in [1.29, 1.82) is 0 Å². The highest BCUT2D eigenvalue weighted by atomic mass is 16.5. The van der Waals surface area contributed by atoms with Crippen LogP contribution in [0.2, 0.25) is 0 Å². The Kier molecular flexibility index (Phi) is 5.29. The number of hydrogen-bond donors (Lipinski definition) is 1. The molecule has 0 saturated carbocycles. The van der Waals surface area contributed by atoms with Crippen molar-refractivity contribution in [3.05, 3.63) is 29.3 Å². The Hall–Kier alpha value is -1.06. The van der Waals surface area contributed by atoms with Crippen molar-refractivity contribution < 1.29 is 9.47 Å². The standard InChI is InChI=1S/C13H21NO2/c1-10-6-5-7-12(8-14-3)13(10)16-11(2)9-15-4/h5-7,11,14H,8-9H2,1-4H3. The Bertz CT molecular complexity index is 326. The lowest BCUT2D eigenvalue weighted by molar-refractivity contribution is 0.0909. The van der Waals surface area contributed by atoms with Gasteiger partial charge in [-0.05, 0) is 26.5 Å². The van der Waals surface area contributed by atoms with Crippen LogP contribution in [-0.2, 0) is 11.3 Å². The minimum Gasteiger partial charge on any atom is -0.488 e. The van der Waals surface area contributed by atoms with Crippen molar-refractivity contribution >= 4 is 0 Å². The van der Waals surface area contributed by atoms with Gasteiger partial charge in [-0.1, -0.05) is 18.2 Å². The summed E-state index contributed by atoms with van der Waals surface area (Å²) in [6.07, 6.45) is 0.0710. The van der Waals surface area contributed by atoms with E-state index < -0.39 is 0 Å². The van der Waals surface area contributed by atoms with Gasteiger partial charge in [0, 0.05) is 19.2 Å². The monoisotopic (exact) mass is 223 g/mol. The zero-order valence-electron chi connectivity index (χ0n) is 10.5. The second-order valence-electron chi connectivity index (χ2n) is 3.98. The normalized spacial score (nSPS) is 12.5. The molecule has 0 bridgehead atoms. The van der Waals surface area contributed by atoms with E-state index >= 15 is 0 Å². The Morgan fingerprint density at radius 1 is 1.38 bits per heavy atom.